The first-order chi connectivity index (χ1) is 10.1. The van der Waals surface area contributed by atoms with Crippen molar-refractivity contribution in [3.63, 3.8) is 0 Å². The van der Waals surface area contributed by atoms with E-state index in [1.807, 2.05) is 13.0 Å². The fraction of sp³-hybridized carbons (Fsp3) is 0.467. The summed E-state index contributed by atoms with van der Waals surface area (Å²) >= 11 is 0. The molecule has 0 spiro atoms. The lowest BCUT2D eigenvalue weighted by Crippen LogP contribution is -2.20. The molecule has 0 bridgehead atoms. The lowest BCUT2D eigenvalue weighted by Gasteiger charge is -2.09. The molecule has 6 heteroatoms. The van der Waals surface area contributed by atoms with Gasteiger partial charge in [0.25, 0.3) is 0 Å². The molecule has 2 heterocycles. The molecule has 2 aromatic rings. The molecule has 2 rings (SSSR count). The van der Waals surface area contributed by atoms with Crippen LogP contribution in [0.3, 0.4) is 0 Å². The molecular formula is C15H21N5O. The van der Waals surface area contributed by atoms with Crippen LogP contribution in [0.4, 0.5) is 0 Å². The number of nitrogens with one attached hydrogen (secondary N) is 1. The van der Waals surface area contributed by atoms with Crippen LogP contribution in [0.2, 0.25) is 0 Å². The van der Waals surface area contributed by atoms with Gasteiger partial charge in [-0.25, -0.2) is 19.9 Å². The van der Waals surface area contributed by atoms with E-state index in [1.54, 1.807) is 13.2 Å². The predicted octanol–water partition coefficient (Wildman–Crippen LogP) is 2.00. The predicted molar refractivity (Wildman–Crippen MR) is 80.9 cm³/mol. The quantitative estimate of drug-likeness (QED) is 0.876. The van der Waals surface area contributed by atoms with Crippen LogP contribution >= 0.6 is 0 Å². The molecule has 2 aromatic heterocycles. The first kappa shape index (κ1) is 15.3. The van der Waals surface area contributed by atoms with Crippen molar-refractivity contribution in [3.8, 4) is 17.4 Å². The fourth-order valence-corrected chi connectivity index (χ4v) is 1.90. The maximum absolute atomic E-state index is 5.11. The third kappa shape index (κ3) is 4.46. The Morgan fingerprint density at radius 2 is 2.00 bits per heavy atom. The SMILES string of the molecule is COc1cc(-c2nc(C)cc(CNCC(C)C)n2)ncn1. The van der Waals surface area contributed by atoms with Crippen LogP contribution in [-0.4, -0.2) is 33.6 Å². The summed E-state index contributed by atoms with van der Waals surface area (Å²) in [7, 11) is 1.57. The zero-order valence-electron chi connectivity index (χ0n) is 12.9. The van der Waals surface area contributed by atoms with Crippen LogP contribution in [0, 0.1) is 12.8 Å². The summed E-state index contributed by atoms with van der Waals surface area (Å²) in [5, 5.41) is 3.38. The molecule has 0 amide bonds. The van der Waals surface area contributed by atoms with Gasteiger partial charge < -0.3 is 10.1 Å². The Morgan fingerprint density at radius 1 is 1.19 bits per heavy atom. The van der Waals surface area contributed by atoms with Gasteiger partial charge in [0.05, 0.1) is 12.8 Å². The van der Waals surface area contributed by atoms with E-state index in [0.717, 1.165) is 24.5 Å². The zero-order chi connectivity index (χ0) is 15.2. The topological polar surface area (TPSA) is 72.8 Å². The van der Waals surface area contributed by atoms with Crippen LogP contribution in [0.15, 0.2) is 18.5 Å². The summed E-state index contributed by atoms with van der Waals surface area (Å²) in [6.07, 6.45) is 1.45. The molecule has 0 fully saturated rings. The van der Waals surface area contributed by atoms with Gasteiger partial charge in [0.1, 0.15) is 12.0 Å². The normalized spacial score (nSPS) is 10.9. The van der Waals surface area contributed by atoms with E-state index in [1.165, 1.54) is 6.33 Å². The lowest BCUT2D eigenvalue weighted by atomic mass is 10.2. The molecule has 112 valence electrons. The number of aryl methyl sites for hydroxylation is 1. The Kier molecular flexibility index (Phi) is 5.16. The van der Waals surface area contributed by atoms with Crippen LogP contribution in [0.5, 0.6) is 5.88 Å². The molecule has 0 radical (unpaired) electrons. The molecular weight excluding hydrogens is 266 g/mol. The van der Waals surface area contributed by atoms with Crippen LogP contribution < -0.4 is 10.1 Å². The molecule has 0 aromatic carbocycles. The highest BCUT2D eigenvalue weighted by Crippen LogP contribution is 2.16. The van der Waals surface area contributed by atoms with Gasteiger partial charge in [0, 0.05) is 18.3 Å². The number of aromatic nitrogens is 4. The highest BCUT2D eigenvalue weighted by atomic mass is 16.5. The van der Waals surface area contributed by atoms with Gasteiger partial charge in [-0.15, -0.1) is 0 Å². The van der Waals surface area contributed by atoms with Crippen molar-refractivity contribution in [2.24, 2.45) is 5.92 Å². The van der Waals surface area contributed by atoms with E-state index >= 15 is 0 Å². The Bertz CT molecular complexity index is 600. The first-order valence-electron chi connectivity index (χ1n) is 7.00. The van der Waals surface area contributed by atoms with E-state index in [9.17, 15) is 0 Å². The lowest BCUT2D eigenvalue weighted by molar-refractivity contribution is 0.397. The van der Waals surface area contributed by atoms with E-state index < -0.39 is 0 Å². The smallest absolute Gasteiger partial charge is 0.216 e. The van der Waals surface area contributed by atoms with Crippen molar-refractivity contribution in [2.45, 2.75) is 27.3 Å². The summed E-state index contributed by atoms with van der Waals surface area (Å²) in [5.74, 6) is 1.71. The fourth-order valence-electron chi connectivity index (χ4n) is 1.90. The van der Waals surface area contributed by atoms with Gasteiger partial charge in [0.15, 0.2) is 5.82 Å². The van der Waals surface area contributed by atoms with E-state index in [2.05, 4.69) is 39.1 Å². The monoisotopic (exact) mass is 287 g/mol. The third-order valence-corrected chi connectivity index (χ3v) is 2.85. The minimum absolute atomic E-state index is 0.504. The van der Waals surface area contributed by atoms with E-state index in [-0.39, 0.29) is 0 Å². The Morgan fingerprint density at radius 3 is 2.71 bits per heavy atom. The van der Waals surface area contributed by atoms with Gasteiger partial charge in [0.2, 0.25) is 5.88 Å². The van der Waals surface area contributed by atoms with Crippen LogP contribution in [-0.2, 0) is 6.54 Å². The molecule has 0 atom stereocenters. The highest BCUT2D eigenvalue weighted by Gasteiger charge is 2.08. The third-order valence-electron chi connectivity index (χ3n) is 2.85. The summed E-state index contributed by atoms with van der Waals surface area (Å²) < 4.78 is 5.11. The van der Waals surface area contributed by atoms with Crippen molar-refractivity contribution in [1.82, 2.24) is 25.3 Å². The second-order valence-corrected chi connectivity index (χ2v) is 5.29. The van der Waals surface area contributed by atoms with Crippen LogP contribution in [0.1, 0.15) is 25.2 Å². The second kappa shape index (κ2) is 7.08. The molecule has 21 heavy (non-hydrogen) atoms. The highest BCUT2D eigenvalue weighted by molar-refractivity contribution is 5.50. The standard InChI is InChI=1S/C15H21N5O/c1-10(2)7-16-8-12-5-11(3)19-15(20-12)13-6-14(21-4)18-9-17-13/h5-6,9-10,16H,7-8H2,1-4H3. The Labute approximate surface area is 125 Å². The van der Waals surface area contributed by atoms with Crippen molar-refractivity contribution < 1.29 is 4.74 Å². The number of methoxy groups -OCH3 is 1. The second-order valence-electron chi connectivity index (χ2n) is 5.29. The molecule has 0 aliphatic carbocycles. The Hall–Kier alpha value is -2.08. The van der Waals surface area contributed by atoms with E-state index in [4.69, 9.17) is 4.74 Å². The summed E-state index contributed by atoms with van der Waals surface area (Å²) in [5.41, 5.74) is 2.53. The Balaban J connectivity index is 2.21. The number of nitrogens with zero attached hydrogens (tertiary/aromatic N) is 4. The maximum Gasteiger partial charge on any atom is 0.216 e. The van der Waals surface area contributed by atoms with Gasteiger partial charge in [-0.3, -0.25) is 0 Å². The number of rotatable bonds is 6. The van der Waals surface area contributed by atoms with Crippen molar-refractivity contribution in [2.75, 3.05) is 13.7 Å². The van der Waals surface area contributed by atoms with Gasteiger partial charge in [-0.05, 0) is 25.5 Å². The molecule has 0 unspecified atom stereocenters. The summed E-state index contributed by atoms with van der Waals surface area (Å²) in [6.45, 7) is 7.99. The van der Waals surface area contributed by atoms with E-state index in [0.29, 0.717) is 23.3 Å². The minimum Gasteiger partial charge on any atom is -0.481 e. The number of hydrogen-bond donors (Lipinski definition) is 1. The molecule has 0 aliphatic rings. The van der Waals surface area contributed by atoms with Crippen molar-refractivity contribution in [3.05, 3.63) is 29.8 Å². The number of ether oxygens (including phenoxy) is 1. The molecule has 0 saturated heterocycles. The molecule has 0 aliphatic heterocycles. The van der Waals surface area contributed by atoms with Crippen molar-refractivity contribution in [1.29, 1.82) is 0 Å². The van der Waals surface area contributed by atoms with Gasteiger partial charge in [-0.1, -0.05) is 13.8 Å². The zero-order valence-corrected chi connectivity index (χ0v) is 12.9. The van der Waals surface area contributed by atoms with Gasteiger partial charge >= 0.3 is 0 Å². The molecule has 0 saturated carbocycles. The minimum atomic E-state index is 0.504. The molecule has 6 nitrogen and oxygen atoms in total. The summed E-state index contributed by atoms with van der Waals surface area (Å²) in [6, 6.07) is 3.72. The largest absolute Gasteiger partial charge is 0.481 e. The average Bonchev–Trinajstić information content (AvgIpc) is 2.46. The van der Waals surface area contributed by atoms with Gasteiger partial charge in [-0.2, -0.15) is 0 Å². The average molecular weight is 287 g/mol. The summed E-state index contributed by atoms with van der Waals surface area (Å²) in [4.78, 5) is 17.2. The first-order valence-corrected chi connectivity index (χ1v) is 7.00. The van der Waals surface area contributed by atoms with Crippen molar-refractivity contribution >= 4 is 0 Å². The maximum atomic E-state index is 5.11. The number of hydrogen-bond acceptors (Lipinski definition) is 6. The molecule has 1 N–H and O–H groups in total. The van der Waals surface area contributed by atoms with Crippen LogP contribution in [0.25, 0.3) is 11.5 Å².